The van der Waals surface area contributed by atoms with Crippen LogP contribution < -0.4 is 10.1 Å². The standard InChI is InChI=1S/C25H30N2O5/c1-5-27(16-18(2)3)24(29)17-32-25(30)21-8-6-7-9-22(21)26-23(28)15-12-19-10-13-20(31-4)14-11-19/h6-11,13-14H,2,5,12,15-17H2,1,3-4H3,(H,26,28). The SMILES string of the molecule is C=C(C)CN(CC)C(=O)COC(=O)c1ccccc1NC(=O)CCc1ccc(OC)cc1. The van der Waals surface area contributed by atoms with Crippen LogP contribution in [-0.4, -0.2) is 49.5 Å². The van der Waals surface area contributed by atoms with Gasteiger partial charge in [0.15, 0.2) is 6.61 Å². The summed E-state index contributed by atoms with van der Waals surface area (Å²) in [6, 6.07) is 14.1. The molecular formula is C25H30N2O5. The highest BCUT2D eigenvalue weighted by atomic mass is 16.5. The molecule has 0 heterocycles. The molecule has 0 saturated carbocycles. The van der Waals surface area contributed by atoms with Crippen LogP contribution in [0.25, 0.3) is 0 Å². The van der Waals surface area contributed by atoms with E-state index in [1.54, 1.807) is 36.3 Å². The predicted octanol–water partition coefficient (Wildman–Crippen LogP) is 3.85. The number of para-hydroxylation sites is 1. The van der Waals surface area contributed by atoms with E-state index in [1.807, 2.05) is 38.1 Å². The van der Waals surface area contributed by atoms with E-state index in [0.29, 0.717) is 25.2 Å². The number of methoxy groups -OCH3 is 1. The summed E-state index contributed by atoms with van der Waals surface area (Å²) in [6.07, 6.45) is 0.799. The second kappa shape index (κ2) is 12.3. The van der Waals surface area contributed by atoms with Gasteiger partial charge in [-0.2, -0.15) is 0 Å². The van der Waals surface area contributed by atoms with Crippen LogP contribution in [0.2, 0.25) is 0 Å². The molecule has 0 aliphatic heterocycles. The first kappa shape index (κ1) is 24.7. The van der Waals surface area contributed by atoms with E-state index in [4.69, 9.17) is 9.47 Å². The number of benzene rings is 2. The number of esters is 1. The Labute approximate surface area is 189 Å². The third-order valence-corrected chi connectivity index (χ3v) is 4.74. The fourth-order valence-corrected chi connectivity index (χ4v) is 3.03. The zero-order valence-corrected chi connectivity index (χ0v) is 18.8. The Bertz CT molecular complexity index is 953. The van der Waals surface area contributed by atoms with Crippen LogP contribution in [0.5, 0.6) is 5.75 Å². The van der Waals surface area contributed by atoms with Crippen LogP contribution in [0.1, 0.15) is 36.2 Å². The molecule has 0 unspecified atom stereocenters. The number of nitrogens with one attached hydrogen (secondary N) is 1. The molecule has 7 heteroatoms. The molecule has 0 bridgehead atoms. The van der Waals surface area contributed by atoms with E-state index in [-0.39, 0.29) is 30.4 Å². The highest BCUT2D eigenvalue weighted by molar-refractivity contribution is 6.01. The maximum Gasteiger partial charge on any atom is 0.340 e. The smallest absolute Gasteiger partial charge is 0.340 e. The minimum atomic E-state index is -0.671. The summed E-state index contributed by atoms with van der Waals surface area (Å²) in [5.41, 5.74) is 2.39. The zero-order valence-electron chi connectivity index (χ0n) is 18.8. The monoisotopic (exact) mass is 438 g/mol. The van der Waals surface area contributed by atoms with Crippen LogP contribution in [0.4, 0.5) is 5.69 Å². The second-order valence-corrected chi connectivity index (χ2v) is 7.38. The lowest BCUT2D eigenvalue weighted by molar-refractivity contribution is -0.133. The molecule has 0 aliphatic carbocycles. The molecule has 0 radical (unpaired) electrons. The number of rotatable bonds is 11. The van der Waals surface area contributed by atoms with E-state index in [1.165, 1.54) is 0 Å². The number of likely N-dealkylation sites (N-methyl/N-ethyl adjacent to an activating group) is 1. The minimum absolute atomic E-state index is 0.195. The summed E-state index contributed by atoms with van der Waals surface area (Å²) < 4.78 is 10.3. The lowest BCUT2D eigenvalue weighted by Gasteiger charge is -2.20. The molecule has 32 heavy (non-hydrogen) atoms. The van der Waals surface area contributed by atoms with Gasteiger partial charge in [-0.25, -0.2) is 4.79 Å². The lowest BCUT2D eigenvalue weighted by atomic mass is 10.1. The van der Waals surface area contributed by atoms with Gasteiger partial charge in [-0.3, -0.25) is 9.59 Å². The van der Waals surface area contributed by atoms with Gasteiger partial charge in [0.1, 0.15) is 5.75 Å². The van der Waals surface area contributed by atoms with Crippen LogP contribution in [0.15, 0.2) is 60.7 Å². The maximum absolute atomic E-state index is 12.6. The average Bonchev–Trinajstić information content (AvgIpc) is 2.80. The number of ether oxygens (including phenoxy) is 2. The van der Waals surface area contributed by atoms with E-state index < -0.39 is 5.97 Å². The van der Waals surface area contributed by atoms with Crippen molar-refractivity contribution in [3.8, 4) is 5.75 Å². The van der Waals surface area contributed by atoms with Crippen molar-refractivity contribution in [3.05, 3.63) is 71.8 Å². The summed E-state index contributed by atoms with van der Waals surface area (Å²) in [4.78, 5) is 38.8. The molecule has 0 fully saturated rings. The largest absolute Gasteiger partial charge is 0.497 e. The highest BCUT2D eigenvalue weighted by Gasteiger charge is 2.18. The van der Waals surface area contributed by atoms with Crippen LogP contribution in [-0.2, 0) is 20.7 Å². The third-order valence-electron chi connectivity index (χ3n) is 4.74. The highest BCUT2D eigenvalue weighted by Crippen LogP contribution is 2.18. The molecule has 1 N–H and O–H groups in total. The average molecular weight is 439 g/mol. The van der Waals surface area contributed by atoms with Gasteiger partial charge in [0.05, 0.1) is 18.4 Å². The topological polar surface area (TPSA) is 84.9 Å². The number of hydrogen-bond donors (Lipinski definition) is 1. The van der Waals surface area contributed by atoms with Crippen LogP contribution >= 0.6 is 0 Å². The van der Waals surface area contributed by atoms with Gasteiger partial charge < -0.3 is 19.7 Å². The molecule has 2 aromatic carbocycles. The van der Waals surface area contributed by atoms with Gasteiger partial charge in [-0.05, 0) is 50.1 Å². The van der Waals surface area contributed by atoms with Crippen molar-refractivity contribution in [2.24, 2.45) is 0 Å². The summed E-state index contributed by atoms with van der Waals surface area (Å²) in [5, 5.41) is 2.76. The number of nitrogens with zero attached hydrogens (tertiary/aromatic N) is 1. The number of hydrogen-bond acceptors (Lipinski definition) is 5. The normalized spacial score (nSPS) is 10.2. The van der Waals surface area contributed by atoms with Gasteiger partial charge >= 0.3 is 5.97 Å². The van der Waals surface area contributed by atoms with Crippen molar-refractivity contribution in [1.29, 1.82) is 0 Å². The van der Waals surface area contributed by atoms with Gasteiger partial charge in [0.25, 0.3) is 5.91 Å². The number of aryl methyl sites for hydroxylation is 1. The van der Waals surface area contributed by atoms with Gasteiger partial charge in [-0.15, -0.1) is 0 Å². The zero-order chi connectivity index (χ0) is 23.5. The van der Waals surface area contributed by atoms with Crippen molar-refractivity contribution >= 4 is 23.5 Å². The molecule has 2 aromatic rings. The van der Waals surface area contributed by atoms with Crippen molar-refractivity contribution in [3.63, 3.8) is 0 Å². The third kappa shape index (κ3) is 7.58. The quantitative estimate of drug-likeness (QED) is 0.426. The number of amides is 2. The van der Waals surface area contributed by atoms with Crippen molar-refractivity contribution in [1.82, 2.24) is 4.90 Å². The van der Waals surface area contributed by atoms with E-state index in [0.717, 1.165) is 16.9 Å². The Morgan fingerprint density at radius 1 is 1.06 bits per heavy atom. The molecule has 0 saturated heterocycles. The van der Waals surface area contributed by atoms with Gasteiger partial charge in [0.2, 0.25) is 5.91 Å². The molecule has 0 atom stereocenters. The Morgan fingerprint density at radius 3 is 2.38 bits per heavy atom. The van der Waals surface area contributed by atoms with Gasteiger partial charge in [0, 0.05) is 19.5 Å². The van der Waals surface area contributed by atoms with Crippen molar-refractivity contribution in [2.75, 3.05) is 32.1 Å². The molecular weight excluding hydrogens is 408 g/mol. The maximum atomic E-state index is 12.6. The Kier molecular flexibility index (Phi) is 9.47. The lowest BCUT2D eigenvalue weighted by Crippen LogP contribution is -2.35. The minimum Gasteiger partial charge on any atom is -0.497 e. The Balaban J connectivity index is 1.94. The van der Waals surface area contributed by atoms with E-state index in [2.05, 4.69) is 11.9 Å². The molecule has 0 aliphatic rings. The van der Waals surface area contributed by atoms with Crippen molar-refractivity contribution in [2.45, 2.75) is 26.7 Å². The first-order valence-electron chi connectivity index (χ1n) is 10.4. The van der Waals surface area contributed by atoms with E-state index >= 15 is 0 Å². The van der Waals surface area contributed by atoms with Crippen molar-refractivity contribution < 1.29 is 23.9 Å². The predicted molar refractivity (Wildman–Crippen MR) is 124 cm³/mol. The molecule has 2 rings (SSSR count). The molecule has 0 aromatic heterocycles. The first-order chi connectivity index (χ1) is 15.3. The number of carbonyl (C=O) groups is 3. The summed E-state index contributed by atoms with van der Waals surface area (Å²) in [7, 11) is 1.60. The Hall–Kier alpha value is -3.61. The summed E-state index contributed by atoms with van der Waals surface area (Å²) in [6.45, 7) is 8.00. The number of anilines is 1. The first-order valence-corrected chi connectivity index (χ1v) is 10.4. The number of carbonyl (C=O) groups excluding carboxylic acids is 3. The van der Waals surface area contributed by atoms with Crippen LogP contribution in [0.3, 0.4) is 0 Å². The molecule has 170 valence electrons. The fourth-order valence-electron chi connectivity index (χ4n) is 3.03. The summed E-state index contributed by atoms with van der Waals surface area (Å²) >= 11 is 0. The molecule has 7 nitrogen and oxygen atoms in total. The molecule has 0 spiro atoms. The Morgan fingerprint density at radius 2 is 1.75 bits per heavy atom. The van der Waals surface area contributed by atoms with Crippen LogP contribution in [0, 0.1) is 0 Å². The van der Waals surface area contributed by atoms with E-state index in [9.17, 15) is 14.4 Å². The fraction of sp³-hybridized carbons (Fsp3) is 0.320. The molecule has 2 amide bonds. The summed E-state index contributed by atoms with van der Waals surface area (Å²) in [5.74, 6) is -0.442. The van der Waals surface area contributed by atoms with Gasteiger partial charge in [-0.1, -0.05) is 36.4 Å². The second-order valence-electron chi connectivity index (χ2n) is 7.38.